The zero-order valence-electron chi connectivity index (χ0n) is 13.6. The third-order valence-electron chi connectivity index (χ3n) is 3.80. The van der Waals surface area contributed by atoms with Crippen molar-refractivity contribution in [2.75, 3.05) is 20.1 Å². The third kappa shape index (κ3) is 5.79. The average Bonchev–Trinajstić information content (AvgIpc) is 3.10. The van der Waals surface area contributed by atoms with Crippen molar-refractivity contribution in [3.8, 4) is 0 Å². The normalized spacial score (nSPS) is 11.9. The minimum Gasteiger partial charge on any atom is -0.388 e. The van der Waals surface area contributed by atoms with E-state index in [2.05, 4.69) is 9.88 Å². The van der Waals surface area contributed by atoms with Gasteiger partial charge in [-0.25, -0.2) is 4.79 Å². The van der Waals surface area contributed by atoms with Gasteiger partial charge in [-0.05, 0) is 30.5 Å². The number of rotatable bonds is 8. The van der Waals surface area contributed by atoms with Gasteiger partial charge in [0.15, 0.2) is 0 Å². The Hall–Kier alpha value is -2.27. The Balaban J connectivity index is 1.62. The van der Waals surface area contributed by atoms with Gasteiger partial charge in [-0.1, -0.05) is 30.3 Å². The number of aryl methyl sites for hydroxylation is 1. The molecule has 0 saturated heterocycles. The molecule has 0 spiro atoms. The molecule has 1 aromatic carbocycles. The molecule has 1 atom stereocenters. The van der Waals surface area contributed by atoms with Crippen LogP contribution in [0.4, 0.5) is 4.79 Å². The van der Waals surface area contributed by atoms with E-state index in [0.29, 0.717) is 19.5 Å². The van der Waals surface area contributed by atoms with Crippen molar-refractivity contribution in [3.63, 3.8) is 0 Å². The molecule has 1 heterocycles. The van der Waals surface area contributed by atoms with E-state index in [1.165, 1.54) is 0 Å². The summed E-state index contributed by atoms with van der Waals surface area (Å²) in [6.45, 7) is 2.05. The fourth-order valence-corrected chi connectivity index (χ4v) is 2.37. The number of benzene rings is 1. The summed E-state index contributed by atoms with van der Waals surface area (Å²) in [5, 5.41) is 13.0. The van der Waals surface area contributed by atoms with Crippen molar-refractivity contribution >= 4 is 6.03 Å². The molecule has 1 aromatic heterocycles. The average molecular weight is 315 g/mol. The van der Waals surface area contributed by atoms with Crippen LogP contribution in [-0.4, -0.2) is 40.7 Å². The van der Waals surface area contributed by atoms with Crippen LogP contribution < -0.4 is 5.32 Å². The number of carbonyl (C=O) groups is 1. The van der Waals surface area contributed by atoms with Crippen LogP contribution >= 0.6 is 0 Å². The molecule has 5 nitrogen and oxygen atoms in total. The second kappa shape index (κ2) is 9.00. The van der Waals surface area contributed by atoms with Gasteiger partial charge in [0, 0.05) is 39.1 Å². The number of hydrogen-bond acceptors (Lipinski definition) is 2. The number of nitrogens with zero attached hydrogens (tertiary/aromatic N) is 2. The SMILES string of the molecule is CN(CCC(O)c1ccccc1)C(=O)NCCCn1cccc1. The molecule has 0 bridgehead atoms. The topological polar surface area (TPSA) is 57.5 Å². The monoisotopic (exact) mass is 315 g/mol. The minimum atomic E-state index is -0.541. The highest BCUT2D eigenvalue weighted by molar-refractivity contribution is 5.73. The summed E-state index contributed by atoms with van der Waals surface area (Å²) in [6.07, 6.45) is 4.90. The van der Waals surface area contributed by atoms with Gasteiger partial charge in [-0.2, -0.15) is 0 Å². The second-order valence-corrected chi connectivity index (χ2v) is 5.64. The van der Waals surface area contributed by atoms with Crippen LogP contribution in [0.25, 0.3) is 0 Å². The van der Waals surface area contributed by atoms with Crippen molar-refractivity contribution in [3.05, 3.63) is 60.4 Å². The van der Waals surface area contributed by atoms with Crippen LogP contribution in [0, 0.1) is 0 Å². The lowest BCUT2D eigenvalue weighted by atomic mass is 10.1. The quantitative estimate of drug-likeness (QED) is 0.736. The zero-order chi connectivity index (χ0) is 16.5. The Labute approximate surface area is 137 Å². The highest BCUT2D eigenvalue weighted by Crippen LogP contribution is 2.15. The first kappa shape index (κ1) is 17.1. The van der Waals surface area contributed by atoms with E-state index < -0.39 is 6.10 Å². The zero-order valence-corrected chi connectivity index (χ0v) is 13.6. The van der Waals surface area contributed by atoms with E-state index >= 15 is 0 Å². The Morgan fingerprint density at radius 2 is 1.91 bits per heavy atom. The Bertz CT molecular complexity index is 569. The van der Waals surface area contributed by atoms with Gasteiger partial charge in [-0.3, -0.25) is 0 Å². The summed E-state index contributed by atoms with van der Waals surface area (Å²) >= 11 is 0. The lowest BCUT2D eigenvalue weighted by molar-refractivity contribution is 0.150. The number of nitrogens with one attached hydrogen (secondary N) is 1. The summed E-state index contributed by atoms with van der Waals surface area (Å²) in [7, 11) is 1.75. The molecule has 2 N–H and O–H groups in total. The molecule has 0 saturated carbocycles. The van der Waals surface area contributed by atoms with E-state index in [1.54, 1.807) is 11.9 Å². The van der Waals surface area contributed by atoms with Crippen LogP contribution in [0.3, 0.4) is 0 Å². The van der Waals surface area contributed by atoms with E-state index in [1.807, 2.05) is 54.9 Å². The van der Waals surface area contributed by atoms with Crippen molar-refractivity contribution in [1.82, 2.24) is 14.8 Å². The van der Waals surface area contributed by atoms with Gasteiger partial charge in [-0.15, -0.1) is 0 Å². The summed E-state index contributed by atoms with van der Waals surface area (Å²) in [5.41, 5.74) is 0.882. The number of aliphatic hydroxyl groups is 1. The fraction of sp³-hybridized carbons (Fsp3) is 0.389. The molecule has 5 heteroatoms. The highest BCUT2D eigenvalue weighted by Gasteiger charge is 2.12. The standard InChI is InChI=1S/C18H25N3O2/c1-20(15-10-17(22)16-8-3-2-4-9-16)18(23)19-11-7-14-21-12-5-6-13-21/h2-6,8-9,12-13,17,22H,7,10-11,14-15H2,1H3,(H,19,23). The molecule has 23 heavy (non-hydrogen) atoms. The van der Waals surface area contributed by atoms with Crippen molar-refractivity contribution in [2.45, 2.75) is 25.5 Å². The van der Waals surface area contributed by atoms with Crippen LogP contribution in [0.2, 0.25) is 0 Å². The first-order chi connectivity index (χ1) is 11.2. The van der Waals surface area contributed by atoms with E-state index in [0.717, 1.165) is 18.5 Å². The van der Waals surface area contributed by atoms with E-state index in [4.69, 9.17) is 0 Å². The molecule has 124 valence electrons. The van der Waals surface area contributed by atoms with Crippen molar-refractivity contribution in [1.29, 1.82) is 0 Å². The van der Waals surface area contributed by atoms with Crippen LogP contribution in [-0.2, 0) is 6.54 Å². The lowest BCUT2D eigenvalue weighted by Gasteiger charge is -2.20. The van der Waals surface area contributed by atoms with Crippen molar-refractivity contribution < 1.29 is 9.90 Å². The molecule has 0 aliphatic heterocycles. The van der Waals surface area contributed by atoms with Gasteiger partial charge in [0.2, 0.25) is 0 Å². The maximum Gasteiger partial charge on any atom is 0.317 e. The number of amides is 2. The Morgan fingerprint density at radius 3 is 2.61 bits per heavy atom. The summed E-state index contributed by atoms with van der Waals surface area (Å²) in [4.78, 5) is 13.6. The fourth-order valence-electron chi connectivity index (χ4n) is 2.37. The van der Waals surface area contributed by atoms with Gasteiger partial charge in [0.1, 0.15) is 0 Å². The minimum absolute atomic E-state index is 0.0993. The van der Waals surface area contributed by atoms with Gasteiger partial charge in [0.05, 0.1) is 6.10 Å². The van der Waals surface area contributed by atoms with E-state index in [9.17, 15) is 9.90 Å². The summed E-state index contributed by atoms with van der Waals surface area (Å²) < 4.78 is 2.09. The molecule has 0 radical (unpaired) electrons. The number of aliphatic hydroxyl groups excluding tert-OH is 1. The summed E-state index contributed by atoms with van der Waals surface area (Å²) in [6, 6.07) is 13.4. The largest absolute Gasteiger partial charge is 0.388 e. The smallest absolute Gasteiger partial charge is 0.317 e. The second-order valence-electron chi connectivity index (χ2n) is 5.64. The molecule has 0 aliphatic carbocycles. The Kier molecular flexibility index (Phi) is 6.69. The third-order valence-corrected chi connectivity index (χ3v) is 3.80. The predicted molar refractivity (Wildman–Crippen MR) is 91.1 cm³/mol. The van der Waals surface area contributed by atoms with Crippen LogP contribution in [0.1, 0.15) is 24.5 Å². The number of aromatic nitrogens is 1. The molecule has 2 aromatic rings. The van der Waals surface area contributed by atoms with E-state index in [-0.39, 0.29) is 6.03 Å². The molecule has 2 rings (SSSR count). The number of urea groups is 1. The summed E-state index contributed by atoms with van der Waals surface area (Å²) in [5.74, 6) is 0. The predicted octanol–water partition coefficient (Wildman–Crippen LogP) is 2.64. The lowest BCUT2D eigenvalue weighted by Crippen LogP contribution is -2.38. The maximum atomic E-state index is 12.0. The van der Waals surface area contributed by atoms with Crippen molar-refractivity contribution in [2.24, 2.45) is 0 Å². The maximum absolute atomic E-state index is 12.0. The van der Waals surface area contributed by atoms with Gasteiger partial charge >= 0.3 is 6.03 Å². The number of hydrogen-bond donors (Lipinski definition) is 2. The highest BCUT2D eigenvalue weighted by atomic mass is 16.3. The first-order valence-corrected chi connectivity index (χ1v) is 7.99. The molecular weight excluding hydrogens is 290 g/mol. The molecule has 1 unspecified atom stereocenters. The van der Waals surface area contributed by atoms with Gasteiger partial charge in [0.25, 0.3) is 0 Å². The van der Waals surface area contributed by atoms with Crippen LogP contribution in [0.5, 0.6) is 0 Å². The van der Waals surface area contributed by atoms with Crippen LogP contribution in [0.15, 0.2) is 54.9 Å². The molecule has 0 fully saturated rings. The Morgan fingerprint density at radius 1 is 1.22 bits per heavy atom. The van der Waals surface area contributed by atoms with Gasteiger partial charge < -0.3 is 19.9 Å². The molecular formula is C18H25N3O2. The molecule has 0 aliphatic rings. The number of carbonyl (C=O) groups excluding carboxylic acids is 1. The first-order valence-electron chi connectivity index (χ1n) is 7.99. The molecule has 2 amide bonds.